The number of piperidine rings is 1. The number of sulfonamides is 1. The van der Waals surface area contributed by atoms with Crippen molar-refractivity contribution < 1.29 is 22.7 Å². The van der Waals surface area contributed by atoms with E-state index in [0.717, 1.165) is 11.8 Å². The van der Waals surface area contributed by atoms with Crippen molar-refractivity contribution in [3.8, 4) is 0 Å². The molecule has 0 radical (unpaired) electrons. The lowest BCUT2D eigenvalue weighted by atomic mass is 9.97. The molecule has 1 fully saturated rings. The zero-order valence-electron chi connectivity index (χ0n) is 16.3. The van der Waals surface area contributed by atoms with E-state index in [2.05, 4.69) is 0 Å². The molecule has 0 saturated carbocycles. The van der Waals surface area contributed by atoms with Gasteiger partial charge in [0.15, 0.2) is 0 Å². The number of hydrogen-bond acceptors (Lipinski definition) is 5. The maximum atomic E-state index is 12.8. The van der Waals surface area contributed by atoms with Crippen LogP contribution in [0.15, 0.2) is 24.3 Å². The highest BCUT2D eigenvalue weighted by Crippen LogP contribution is 2.29. The third-order valence-electron chi connectivity index (χ3n) is 4.89. The third kappa shape index (κ3) is 5.22. The number of rotatable bonds is 6. The van der Waals surface area contributed by atoms with E-state index in [0.29, 0.717) is 31.6 Å². The summed E-state index contributed by atoms with van der Waals surface area (Å²) in [6, 6.07) is 7.24. The molecular formula is C19H28N2O5S. The van der Waals surface area contributed by atoms with Gasteiger partial charge in [-0.3, -0.25) is 13.9 Å². The number of nitrogens with zero attached hydrogens (tertiary/aromatic N) is 2. The van der Waals surface area contributed by atoms with Crippen LogP contribution in [-0.4, -0.2) is 58.2 Å². The lowest BCUT2D eigenvalue weighted by Crippen LogP contribution is -2.46. The Kier molecular flexibility index (Phi) is 6.86. The fourth-order valence-electron chi connectivity index (χ4n) is 3.34. The van der Waals surface area contributed by atoms with E-state index < -0.39 is 10.0 Å². The molecule has 7 nitrogen and oxygen atoms in total. The summed E-state index contributed by atoms with van der Waals surface area (Å²) in [6.45, 7) is 4.56. The second-order valence-corrected chi connectivity index (χ2v) is 9.07. The second-order valence-electron chi connectivity index (χ2n) is 7.16. The average molecular weight is 397 g/mol. The fraction of sp³-hybridized carbons (Fsp3) is 0.579. The van der Waals surface area contributed by atoms with Gasteiger partial charge in [-0.2, -0.15) is 0 Å². The molecule has 1 aliphatic rings. The van der Waals surface area contributed by atoms with Gasteiger partial charge in [-0.05, 0) is 30.4 Å². The predicted octanol–water partition coefficient (Wildman–Crippen LogP) is 1.99. The summed E-state index contributed by atoms with van der Waals surface area (Å²) in [6.07, 6.45) is 2.17. The van der Waals surface area contributed by atoms with E-state index in [9.17, 15) is 18.0 Å². The number of ether oxygens (including phenoxy) is 1. The molecule has 0 N–H and O–H groups in total. The van der Waals surface area contributed by atoms with Crippen LogP contribution in [0.4, 0.5) is 5.69 Å². The molecule has 2 rings (SSSR count). The van der Waals surface area contributed by atoms with Gasteiger partial charge in [-0.1, -0.05) is 32.0 Å². The summed E-state index contributed by atoms with van der Waals surface area (Å²) in [5.74, 6) is -0.601. The summed E-state index contributed by atoms with van der Waals surface area (Å²) >= 11 is 0. The molecule has 1 aromatic carbocycles. The quantitative estimate of drug-likeness (QED) is 0.687. The minimum Gasteiger partial charge on any atom is -0.469 e. The van der Waals surface area contributed by atoms with Crippen LogP contribution in [-0.2, 0) is 24.3 Å². The zero-order valence-corrected chi connectivity index (χ0v) is 17.2. The Labute approximate surface area is 161 Å². The molecule has 1 heterocycles. The fourth-order valence-corrected chi connectivity index (χ4v) is 4.21. The summed E-state index contributed by atoms with van der Waals surface area (Å²) in [4.78, 5) is 26.0. The molecule has 1 aromatic rings. The van der Waals surface area contributed by atoms with Crippen molar-refractivity contribution in [2.45, 2.75) is 32.6 Å². The zero-order chi connectivity index (χ0) is 20.2. The van der Waals surface area contributed by atoms with Crippen molar-refractivity contribution in [2.75, 3.05) is 37.3 Å². The highest BCUT2D eigenvalue weighted by Gasteiger charge is 2.30. The normalized spacial score (nSPS) is 15.7. The van der Waals surface area contributed by atoms with Crippen molar-refractivity contribution >= 4 is 27.6 Å². The van der Waals surface area contributed by atoms with Crippen LogP contribution in [0.1, 0.15) is 38.2 Å². The first-order valence-corrected chi connectivity index (χ1v) is 10.9. The Hall–Kier alpha value is -2.09. The molecular weight excluding hydrogens is 368 g/mol. The Balaban J connectivity index is 2.17. The van der Waals surface area contributed by atoms with Crippen LogP contribution >= 0.6 is 0 Å². The summed E-state index contributed by atoms with van der Waals surface area (Å²) < 4.78 is 30.7. The predicted molar refractivity (Wildman–Crippen MR) is 104 cm³/mol. The molecule has 0 atom stereocenters. The summed E-state index contributed by atoms with van der Waals surface area (Å²) in [5, 5.41) is 0. The van der Waals surface area contributed by atoms with Crippen LogP contribution < -0.4 is 4.31 Å². The number of carbonyl (C=O) groups is 2. The van der Waals surface area contributed by atoms with E-state index in [1.54, 1.807) is 17.0 Å². The van der Waals surface area contributed by atoms with Gasteiger partial charge < -0.3 is 9.64 Å². The lowest BCUT2D eigenvalue weighted by molar-refractivity contribution is -0.148. The molecule has 0 aliphatic carbocycles. The van der Waals surface area contributed by atoms with Crippen molar-refractivity contribution in [2.24, 2.45) is 5.92 Å². The standard InChI is InChI=1S/C19H28N2O5S/c1-14(2)16-7-5-6-8-17(16)21(27(4,24)25)13-18(22)20-11-9-15(10-12-20)19(23)26-3/h5-8,14-15H,9-13H2,1-4H3. The van der Waals surface area contributed by atoms with Gasteiger partial charge in [0.1, 0.15) is 6.54 Å². The number of anilines is 1. The van der Waals surface area contributed by atoms with Crippen molar-refractivity contribution in [1.82, 2.24) is 4.90 Å². The Bertz CT molecular complexity index is 783. The number of benzene rings is 1. The van der Waals surface area contributed by atoms with Gasteiger partial charge in [-0.15, -0.1) is 0 Å². The van der Waals surface area contributed by atoms with E-state index in [1.807, 2.05) is 26.0 Å². The molecule has 1 amide bonds. The minimum atomic E-state index is -3.62. The molecule has 8 heteroatoms. The summed E-state index contributed by atoms with van der Waals surface area (Å²) in [7, 11) is -2.27. The summed E-state index contributed by atoms with van der Waals surface area (Å²) in [5.41, 5.74) is 1.41. The lowest BCUT2D eigenvalue weighted by Gasteiger charge is -2.33. The largest absolute Gasteiger partial charge is 0.469 e. The Morgan fingerprint density at radius 3 is 2.33 bits per heavy atom. The number of para-hydroxylation sites is 1. The first-order chi connectivity index (χ1) is 12.6. The number of hydrogen-bond donors (Lipinski definition) is 0. The number of methoxy groups -OCH3 is 1. The van der Waals surface area contributed by atoms with Gasteiger partial charge in [0, 0.05) is 13.1 Å². The molecule has 0 aromatic heterocycles. The molecule has 1 saturated heterocycles. The molecule has 0 bridgehead atoms. The first-order valence-electron chi connectivity index (χ1n) is 9.07. The first kappa shape index (κ1) is 21.2. The maximum Gasteiger partial charge on any atom is 0.308 e. The van der Waals surface area contributed by atoms with Crippen LogP contribution in [0.3, 0.4) is 0 Å². The number of carbonyl (C=O) groups excluding carboxylic acids is 2. The Morgan fingerprint density at radius 1 is 1.22 bits per heavy atom. The molecule has 1 aliphatic heterocycles. The third-order valence-corrected chi connectivity index (χ3v) is 6.02. The minimum absolute atomic E-state index is 0.122. The van der Waals surface area contributed by atoms with Gasteiger partial charge >= 0.3 is 5.97 Å². The number of amides is 1. The second kappa shape index (κ2) is 8.73. The van der Waals surface area contributed by atoms with Crippen molar-refractivity contribution in [3.05, 3.63) is 29.8 Å². The van der Waals surface area contributed by atoms with E-state index in [-0.39, 0.29) is 30.3 Å². The molecule has 0 unspecified atom stereocenters. The van der Waals surface area contributed by atoms with Gasteiger partial charge in [0.25, 0.3) is 0 Å². The van der Waals surface area contributed by atoms with Gasteiger partial charge in [-0.25, -0.2) is 8.42 Å². The van der Waals surface area contributed by atoms with Crippen LogP contribution in [0.5, 0.6) is 0 Å². The molecule has 150 valence electrons. The maximum absolute atomic E-state index is 12.8. The highest BCUT2D eigenvalue weighted by molar-refractivity contribution is 7.92. The monoisotopic (exact) mass is 396 g/mol. The smallest absolute Gasteiger partial charge is 0.308 e. The van der Waals surface area contributed by atoms with E-state index >= 15 is 0 Å². The highest BCUT2D eigenvalue weighted by atomic mass is 32.2. The van der Waals surface area contributed by atoms with Gasteiger partial charge in [0.05, 0.1) is 25.0 Å². The van der Waals surface area contributed by atoms with Crippen LogP contribution in [0.25, 0.3) is 0 Å². The van der Waals surface area contributed by atoms with Crippen LogP contribution in [0.2, 0.25) is 0 Å². The van der Waals surface area contributed by atoms with Crippen LogP contribution in [0, 0.1) is 5.92 Å². The van der Waals surface area contributed by atoms with Gasteiger partial charge in [0.2, 0.25) is 15.9 Å². The van der Waals surface area contributed by atoms with E-state index in [1.165, 1.54) is 11.4 Å². The molecule has 27 heavy (non-hydrogen) atoms. The average Bonchev–Trinajstić information content (AvgIpc) is 2.64. The van der Waals surface area contributed by atoms with Crippen molar-refractivity contribution in [1.29, 1.82) is 0 Å². The topological polar surface area (TPSA) is 84.0 Å². The van der Waals surface area contributed by atoms with E-state index in [4.69, 9.17) is 4.74 Å². The van der Waals surface area contributed by atoms with Crippen molar-refractivity contribution in [3.63, 3.8) is 0 Å². The molecule has 0 spiro atoms. The number of likely N-dealkylation sites (tertiary alicyclic amines) is 1. The number of esters is 1. The SMILES string of the molecule is COC(=O)C1CCN(C(=O)CN(c2ccccc2C(C)C)S(C)(=O)=O)CC1. The Morgan fingerprint density at radius 2 is 1.81 bits per heavy atom.